The van der Waals surface area contributed by atoms with Gasteiger partial charge < -0.3 is 39.6 Å². The second-order valence-electron chi connectivity index (χ2n) is 3.39. The van der Waals surface area contributed by atoms with E-state index in [1.54, 1.807) is 0 Å². The van der Waals surface area contributed by atoms with Crippen LogP contribution < -0.4 is 109 Å². The van der Waals surface area contributed by atoms with E-state index in [-0.39, 0.29) is 90.1 Å². The van der Waals surface area contributed by atoms with Crippen molar-refractivity contribution < 1.29 is 130 Å². The third-order valence-corrected chi connectivity index (χ3v) is 2.00. The fraction of sp³-hybridized carbons (Fsp3) is 0.556. The van der Waals surface area contributed by atoms with Gasteiger partial charge in [-0.2, -0.15) is 0 Å². The molecule has 0 aromatic rings. The van der Waals surface area contributed by atoms with Crippen LogP contribution in [0, 0.1) is 0 Å². The summed E-state index contributed by atoms with van der Waals surface area (Å²) in [6.07, 6.45) is -1.24. The van der Waals surface area contributed by atoms with E-state index in [0.29, 0.717) is 4.90 Å². The van der Waals surface area contributed by atoms with Crippen LogP contribution in [0.2, 0.25) is 0 Å². The topological polar surface area (TPSA) is 164 Å². The molecular weight excluding hydrogens is 319 g/mol. The molecule has 1 atom stereocenters. The van der Waals surface area contributed by atoms with E-state index in [1.807, 2.05) is 0 Å². The minimum atomic E-state index is -1.79. The molecule has 0 amide bonds. The normalized spacial score (nSPS) is 10.3. The van der Waals surface area contributed by atoms with Gasteiger partial charge in [-0.05, 0) is 12.8 Å². The van der Waals surface area contributed by atoms with Crippen molar-refractivity contribution in [2.45, 2.75) is 18.9 Å². The molecule has 0 aliphatic heterocycles. The van der Waals surface area contributed by atoms with Crippen LogP contribution in [-0.2, 0) is 19.2 Å². The van der Waals surface area contributed by atoms with Crippen LogP contribution in [0.4, 0.5) is 0 Å². The van der Waals surface area contributed by atoms with E-state index < -0.39 is 55.9 Å². The molecule has 0 radical (unpaired) electrons. The number of rotatable bonds is 9. The van der Waals surface area contributed by atoms with Gasteiger partial charge >= 0.3 is 90.1 Å². The van der Waals surface area contributed by atoms with Crippen LogP contribution in [0.25, 0.3) is 0 Å². The number of aliphatic carboxylic acids is 4. The SMILES string of the molecule is O=C([O-])CCC(C(=O)[O-])N(CC(=O)[O-])CC(=O)[O-].[H+].[Na+].[Na+].[Na+]. The molecule has 1 unspecified atom stereocenters. The largest absolute Gasteiger partial charge is 1.00 e. The third kappa shape index (κ3) is 15.5. The maximum atomic E-state index is 10.7. The zero-order valence-electron chi connectivity index (χ0n) is 13.1. The second-order valence-corrected chi connectivity index (χ2v) is 3.39. The first-order valence-corrected chi connectivity index (χ1v) is 4.78. The van der Waals surface area contributed by atoms with Crippen LogP contribution in [-0.4, -0.2) is 47.9 Å². The van der Waals surface area contributed by atoms with Crippen molar-refractivity contribution in [2.75, 3.05) is 13.1 Å². The summed E-state index contributed by atoms with van der Waals surface area (Å²) in [7, 11) is 0. The standard InChI is InChI=1S/C9H13NO8.3Na/c11-6(12)2-1-5(9(17)18)10(3-7(13)14)4-8(15)16;;;/h5H,1-4H2,(H,11,12)(H,13,14)(H,15,16)(H,17,18);;;/q;3*+1/p-3. The second kappa shape index (κ2) is 15.7. The number of hydrogen-bond acceptors (Lipinski definition) is 9. The Morgan fingerprint density at radius 1 is 0.810 bits per heavy atom. The average molecular weight is 329 g/mol. The van der Waals surface area contributed by atoms with Crippen molar-refractivity contribution >= 4 is 23.9 Å². The van der Waals surface area contributed by atoms with Crippen molar-refractivity contribution in [1.29, 1.82) is 0 Å². The zero-order chi connectivity index (χ0) is 14.3. The average Bonchev–Trinajstić information content (AvgIpc) is 2.14. The molecule has 102 valence electrons. The first-order chi connectivity index (χ1) is 8.23. The molecule has 0 bridgehead atoms. The number of carbonyl (C=O) groups excluding carboxylic acids is 4. The van der Waals surface area contributed by atoms with Gasteiger partial charge in [-0.25, -0.2) is 0 Å². The molecule has 21 heavy (non-hydrogen) atoms. The molecule has 0 saturated heterocycles. The summed E-state index contributed by atoms with van der Waals surface area (Å²) in [5.41, 5.74) is 0. The maximum Gasteiger partial charge on any atom is 1.00 e. The van der Waals surface area contributed by atoms with Crippen molar-refractivity contribution in [1.82, 2.24) is 4.90 Å². The van der Waals surface area contributed by atoms with Crippen molar-refractivity contribution in [3.05, 3.63) is 0 Å². The Bertz CT molecular complexity index is 355. The molecule has 0 saturated carbocycles. The summed E-state index contributed by atoms with van der Waals surface area (Å²) in [6.45, 7) is -2.00. The summed E-state index contributed by atoms with van der Waals surface area (Å²) in [4.78, 5) is 42.1. The summed E-state index contributed by atoms with van der Waals surface area (Å²) < 4.78 is 0. The smallest absolute Gasteiger partial charge is 0.550 e. The first-order valence-electron chi connectivity index (χ1n) is 4.78. The van der Waals surface area contributed by atoms with E-state index in [2.05, 4.69) is 0 Å². The zero-order valence-corrected chi connectivity index (χ0v) is 18.1. The molecule has 0 spiro atoms. The van der Waals surface area contributed by atoms with E-state index in [0.717, 1.165) is 0 Å². The van der Waals surface area contributed by atoms with E-state index in [9.17, 15) is 39.6 Å². The quantitative estimate of drug-likeness (QED) is 0.373. The Balaban J connectivity index is -0.000000241. The van der Waals surface area contributed by atoms with Crippen LogP contribution >= 0.6 is 0 Å². The van der Waals surface area contributed by atoms with Crippen molar-refractivity contribution in [2.24, 2.45) is 0 Å². The minimum Gasteiger partial charge on any atom is -0.550 e. The van der Waals surface area contributed by atoms with Gasteiger partial charge in [-0.3, -0.25) is 4.90 Å². The number of hydrogen-bond donors (Lipinski definition) is 0. The Kier molecular flexibility index (Phi) is 22.3. The fourth-order valence-electron chi connectivity index (χ4n) is 1.31. The minimum absolute atomic E-state index is 0. The molecule has 0 aliphatic rings. The van der Waals surface area contributed by atoms with Gasteiger partial charge in [0.1, 0.15) is 0 Å². The molecule has 0 aromatic heterocycles. The first kappa shape index (κ1) is 29.8. The van der Waals surface area contributed by atoms with Crippen LogP contribution in [0.15, 0.2) is 0 Å². The van der Waals surface area contributed by atoms with Crippen LogP contribution in [0.5, 0.6) is 0 Å². The van der Waals surface area contributed by atoms with Gasteiger partial charge in [0.05, 0.1) is 23.9 Å². The summed E-state index contributed by atoms with van der Waals surface area (Å²) in [5, 5.41) is 41.6. The van der Waals surface area contributed by atoms with Gasteiger partial charge in [-0.15, -0.1) is 0 Å². The molecule has 0 heterocycles. The molecular formula is C9H10NNa3O8. The van der Waals surface area contributed by atoms with Crippen LogP contribution in [0.3, 0.4) is 0 Å². The fourth-order valence-corrected chi connectivity index (χ4v) is 1.31. The molecule has 0 fully saturated rings. The third-order valence-electron chi connectivity index (χ3n) is 2.00. The molecule has 9 nitrogen and oxygen atoms in total. The Morgan fingerprint density at radius 2 is 1.19 bits per heavy atom. The number of carbonyl (C=O) groups is 4. The van der Waals surface area contributed by atoms with Crippen LogP contribution in [0.1, 0.15) is 14.3 Å². The molecule has 0 aromatic carbocycles. The predicted molar refractivity (Wildman–Crippen MR) is 45.7 cm³/mol. The Hall–Kier alpha value is 0.840. The Morgan fingerprint density at radius 3 is 1.43 bits per heavy atom. The van der Waals surface area contributed by atoms with E-state index in [1.165, 1.54) is 0 Å². The van der Waals surface area contributed by atoms with Gasteiger partial charge in [0.25, 0.3) is 0 Å². The summed E-state index contributed by atoms with van der Waals surface area (Å²) >= 11 is 0. The van der Waals surface area contributed by atoms with Crippen molar-refractivity contribution in [3.8, 4) is 0 Å². The Labute approximate surface area is 188 Å². The molecule has 0 rings (SSSR count). The summed E-state index contributed by atoms with van der Waals surface area (Å²) in [5.74, 6) is -6.77. The van der Waals surface area contributed by atoms with E-state index in [4.69, 9.17) is 0 Å². The molecule has 0 aliphatic carbocycles. The number of nitrogens with zero attached hydrogens (tertiary/aromatic N) is 1. The van der Waals surface area contributed by atoms with Gasteiger partial charge in [0, 0.05) is 19.1 Å². The van der Waals surface area contributed by atoms with Gasteiger partial charge in [0.2, 0.25) is 0 Å². The predicted octanol–water partition coefficient (Wildman–Crippen LogP) is -15.4. The van der Waals surface area contributed by atoms with Gasteiger partial charge in [0.15, 0.2) is 0 Å². The molecule has 12 heteroatoms. The molecule has 0 N–H and O–H groups in total. The summed E-state index contributed by atoms with van der Waals surface area (Å²) in [6, 6.07) is -1.70. The van der Waals surface area contributed by atoms with Crippen molar-refractivity contribution in [3.63, 3.8) is 0 Å². The number of carboxylic acid groups (broad SMARTS) is 4. The number of carboxylic acids is 4. The van der Waals surface area contributed by atoms with E-state index >= 15 is 0 Å². The monoisotopic (exact) mass is 329 g/mol. The maximum absolute atomic E-state index is 10.7. The van der Waals surface area contributed by atoms with Gasteiger partial charge in [-0.1, -0.05) is 0 Å².